The summed E-state index contributed by atoms with van der Waals surface area (Å²) in [4.78, 5) is 36.2. The van der Waals surface area contributed by atoms with Crippen LogP contribution in [0.3, 0.4) is 0 Å². The van der Waals surface area contributed by atoms with E-state index in [1.165, 1.54) is 6.07 Å². The Morgan fingerprint density at radius 3 is 2.58 bits per heavy atom. The minimum atomic E-state index is -0.469. The highest BCUT2D eigenvalue weighted by Crippen LogP contribution is 2.23. The fourth-order valence-electron chi connectivity index (χ4n) is 2.99. The van der Waals surface area contributed by atoms with Crippen LogP contribution in [0.5, 0.6) is 0 Å². The monoisotopic (exact) mass is 353 g/mol. The second kappa shape index (κ2) is 7.35. The first-order chi connectivity index (χ1) is 12.4. The van der Waals surface area contributed by atoms with Crippen molar-refractivity contribution in [3.8, 4) is 0 Å². The molecule has 0 radical (unpaired) electrons. The molecule has 0 unspecified atom stereocenters. The van der Waals surface area contributed by atoms with Gasteiger partial charge < -0.3 is 10.2 Å². The van der Waals surface area contributed by atoms with Crippen LogP contribution in [-0.2, 0) is 16.0 Å². The Morgan fingerprint density at radius 1 is 1.23 bits per heavy atom. The third kappa shape index (κ3) is 3.88. The first-order valence-electron chi connectivity index (χ1n) is 8.38. The van der Waals surface area contributed by atoms with Crippen molar-refractivity contribution in [3.05, 3.63) is 63.7 Å². The minimum Gasteiger partial charge on any atom is -0.326 e. The number of carbonyl (C=O) groups is 2. The largest absolute Gasteiger partial charge is 0.326 e. The minimum absolute atomic E-state index is 0.0255. The average molecular weight is 353 g/mol. The summed E-state index contributed by atoms with van der Waals surface area (Å²) in [7, 11) is 0. The molecule has 0 aliphatic carbocycles. The van der Waals surface area contributed by atoms with Crippen LogP contribution < -0.4 is 10.2 Å². The molecule has 0 saturated carbocycles. The van der Waals surface area contributed by atoms with E-state index in [4.69, 9.17) is 0 Å². The zero-order valence-electron chi connectivity index (χ0n) is 14.4. The number of nitrogens with zero attached hydrogens (tertiary/aromatic N) is 2. The van der Waals surface area contributed by atoms with Gasteiger partial charge in [-0.2, -0.15) is 0 Å². The molecule has 1 heterocycles. The molecule has 1 aliphatic heterocycles. The fraction of sp³-hybridized carbons (Fsp3) is 0.263. The number of carbonyl (C=O) groups excluding carboxylic acids is 2. The second-order valence-electron chi connectivity index (χ2n) is 6.30. The highest BCUT2D eigenvalue weighted by Gasteiger charge is 2.21. The Kier molecular flexibility index (Phi) is 4.97. The molecule has 7 heteroatoms. The summed E-state index contributed by atoms with van der Waals surface area (Å²) in [6.45, 7) is 2.38. The smallest absolute Gasteiger partial charge is 0.274 e. The van der Waals surface area contributed by atoms with Gasteiger partial charge in [-0.3, -0.25) is 19.7 Å². The lowest BCUT2D eigenvalue weighted by molar-refractivity contribution is -0.385. The quantitative estimate of drug-likeness (QED) is 0.660. The topological polar surface area (TPSA) is 92.6 Å². The number of nitrogens with one attached hydrogen (secondary N) is 1. The maximum absolute atomic E-state index is 12.2. The molecule has 1 aliphatic rings. The van der Waals surface area contributed by atoms with E-state index in [9.17, 15) is 19.7 Å². The Labute approximate surface area is 150 Å². The van der Waals surface area contributed by atoms with Gasteiger partial charge >= 0.3 is 0 Å². The van der Waals surface area contributed by atoms with Gasteiger partial charge in [-0.25, -0.2) is 0 Å². The zero-order chi connectivity index (χ0) is 18.7. The Morgan fingerprint density at radius 2 is 1.96 bits per heavy atom. The first kappa shape index (κ1) is 17.6. The molecular formula is C19H19N3O4. The molecule has 1 saturated heterocycles. The summed E-state index contributed by atoms with van der Waals surface area (Å²) < 4.78 is 0. The lowest BCUT2D eigenvalue weighted by atomic mass is 10.1. The van der Waals surface area contributed by atoms with Crippen molar-refractivity contribution in [1.29, 1.82) is 0 Å². The van der Waals surface area contributed by atoms with Crippen LogP contribution in [0, 0.1) is 17.0 Å². The van der Waals surface area contributed by atoms with Crippen LogP contribution in [0.4, 0.5) is 17.1 Å². The van der Waals surface area contributed by atoms with Gasteiger partial charge in [0.2, 0.25) is 11.8 Å². The maximum atomic E-state index is 12.2. The summed E-state index contributed by atoms with van der Waals surface area (Å²) in [6, 6.07) is 11.9. The normalized spacial score (nSPS) is 13.7. The van der Waals surface area contributed by atoms with Crippen LogP contribution in [-0.4, -0.2) is 23.3 Å². The lowest BCUT2D eigenvalue weighted by Gasteiger charge is -2.15. The molecule has 26 heavy (non-hydrogen) atoms. The van der Waals surface area contributed by atoms with E-state index >= 15 is 0 Å². The van der Waals surface area contributed by atoms with Gasteiger partial charge in [0.1, 0.15) is 0 Å². The van der Waals surface area contributed by atoms with Crippen LogP contribution in [0.25, 0.3) is 0 Å². The Bertz CT molecular complexity index is 862. The number of rotatable bonds is 5. The van der Waals surface area contributed by atoms with Gasteiger partial charge in [-0.15, -0.1) is 0 Å². The van der Waals surface area contributed by atoms with E-state index in [2.05, 4.69) is 5.32 Å². The molecule has 0 spiro atoms. The molecule has 2 aromatic rings. The predicted molar refractivity (Wildman–Crippen MR) is 98.2 cm³/mol. The third-order valence-corrected chi connectivity index (χ3v) is 4.38. The molecule has 7 nitrogen and oxygen atoms in total. The van der Waals surface area contributed by atoms with Gasteiger partial charge in [0.15, 0.2) is 0 Å². The third-order valence-electron chi connectivity index (χ3n) is 4.38. The van der Waals surface area contributed by atoms with Crippen LogP contribution in [0.1, 0.15) is 24.0 Å². The van der Waals surface area contributed by atoms with Crippen molar-refractivity contribution in [2.24, 2.45) is 0 Å². The summed E-state index contributed by atoms with van der Waals surface area (Å²) in [6.07, 6.45) is 1.59. The fourth-order valence-corrected chi connectivity index (χ4v) is 2.99. The molecule has 2 aromatic carbocycles. The molecule has 0 bridgehead atoms. The van der Waals surface area contributed by atoms with E-state index in [-0.39, 0.29) is 23.9 Å². The average Bonchev–Trinajstić information content (AvgIpc) is 3.03. The van der Waals surface area contributed by atoms with Crippen molar-refractivity contribution >= 4 is 28.9 Å². The molecule has 3 rings (SSSR count). The second-order valence-corrected chi connectivity index (χ2v) is 6.30. The molecular weight excluding hydrogens is 334 g/mol. The van der Waals surface area contributed by atoms with Gasteiger partial charge in [-0.05, 0) is 37.1 Å². The molecule has 1 N–H and O–H groups in total. The SMILES string of the molecule is Cc1ccc(NC(=O)Cc2ccc(N3CCCC3=O)cc2)cc1[N+](=O)[O-]. The summed E-state index contributed by atoms with van der Waals surface area (Å²) in [5.41, 5.74) is 2.55. The summed E-state index contributed by atoms with van der Waals surface area (Å²) in [5, 5.41) is 13.7. The number of nitro benzene ring substituents is 1. The molecule has 0 atom stereocenters. The van der Waals surface area contributed by atoms with Crippen LogP contribution >= 0.6 is 0 Å². The van der Waals surface area contributed by atoms with Gasteiger partial charge in [-0.1, -0.05) is 18.2 Å². The predicted octanol–water partition coefficient (Wildman–Crippen LogP) is 3.21. The lowest BCUT2D eigenvalue weighted by Crippen LogP contribution is -2.23. The van der Waals surface area contributed by atoms with Gasteiger partial charge in [0.25, 0.3) is 5.69 Å². The Balaban J connectivity index is 1.64. The van der Waals surface area contributed by atoms with E-state index in [1.807, 2.05) is 24.3 Å². The maximum Gasteiger partial charge on any atom is 0.274 e. The van der Waals surface area contributed by atoms with Crippen LogP contribution in [0.15, 0.2) is 42.5 Å². The van der Waals surface area contributed by atoms with E-state index < -0.39 is 4.92 Å². The van der Waals surface area contributed by atoms with E-state index in [0.717, 1.165) is 24.2 Å². The number of hydrogen-bond donors (Lipinski definition) is 1. The number of hydrogen-bond acceptors (Lipinski definition) is 4. The van der Waals surface area contributed by atoms with Gasteiger partial charge in [0.05, 0.1) is 11.3 Å². The molecule has 134 valence electrons. The Hall–Kier alpha value is -3.22. The van der Waals surface area contributed by atoms with Crippen molar-refractivity contribution < 1.29 is 14.5 Å². The van der Waals surface area contributed by atoms with E-state index in [0.29, 0.717) is 17.7 Å². The number of nitro groups is 1. The summed E-state index contributed by atoms with van der Waals surface area (Å²) in [5.74, 6) is -0.135. The number of benzene rings is 2. The highest BCUT2D eigenvalue weighted by atomic mass is 16.6. The van der Waals surface area contributed by atoms with E-state index in [1.54, 1.807) is 24.0 Å². The first-order valence-corrected chi connectivity index (χ1v) is 8.38. The number of amides is 2. The number of anilines is 2. The van der Waals surface area contributed by atoms with Crippen molar-refractivity contribution in [1.82, 2.24) is 0 Å². The van der Waals surface area contributed by atoms with Crippen molar-refractivity contribution in [2.45, 2.75) is 26.2 Å². The zero-order valence-corrected chi connectivity index (χ0v) is 14.4. The van der Waals surface area contributed by atoms with Crippen molar-refractivity contribution in [2.75, 3.05) is 16.8 Å². The molecule has 1 fully saturated rings. The highest BCUT2D eigenvalue weighted by molar-refractivity contribution is 5.95. The van der Waals surface area contributed by atoms with Gasteiger partial charge in [0, 0.05) is 36.0 Å². The number of aryl methyl sites for hydroxylation is 1. The summed E-state index contributed by atoms with van der Waals surface area (Å²) >= 11 is 0. The van der Waals surface area contributed by atoms with Crippen LogP contribution in [0.2, 0.25) is 0 Å². The standard InChI is InChI=1S/C19H19N3O4/c1-13-4-7-15(12-17(13)22(25)26)20-18(23)11-14-5-8-16(9-6-14)21-10-2-3-19(21)24/h4-9,12H,2-3,10-11H2,1H3,(H,20,23). The molecule has 2 amide bonds. The molecule has 0 aromatic heterocycles. The van der Waals surface area contributed by atoms with Crippen molar-refractivity contribution in [3.63, 3.8) is 0 Å².